The van der Waals surface area contributed by atoms with Gasteiger partial charge in [0.25, 0.3) is 0 Å². The smallest absolute Gasteiger partial charge is 0.248 e. The van der Waals surface area contributed by atoms with Crippen LogP contribution in [0, 0.1) is 0 Å². The van der Waals surface area contributed by atoms with Crippen molar-refractivity contribution in [1.82, 2.24) is 0 Å². The van der Waals surface area contributed by atoms with E-state index in [1.807, 2.05) is 24.3 Å². The molecule has 5 nitrogen and oxygen atoms in total. The summed E-state index contributed by atoms with van der Waals surface area (Å²) in [6.45, 7) is 0.661. The molecular weight excluding hydrogens is 266 g/mol. The Labute approximate surface area is 122 Å². The first-order valence-corrected chi connectivity index (χ1v) is 6.83. The molecule has 5 heteroatoms. The average molecular weight is 283 g/mol. The minimum atomic E-state index is -0.482. The van der Waals surface area contributed by atoms with Crippen LogP contribution in [0.4, 0.5) is 11.4 Å². The van der Waals surface area contributed by atoms with Gasteiger partial charge in [-0.05, 0) is 24.3 Å². The monoisotopic (exact) mass is 283 g/mol. The number of hydrogen-bond acceptors (Lipinski definition) is 4. The summed E-state index contributed by atoms with van der Waals surface area (Å²) in [6.07, 6.45) is 0.855. The van der Waals surface area contributed by atoms with Crippen LogP contribution in [0.25, 0.3) is 0 Å². The highest BCUT2D eigenvalue weighted by Crippen LogP contribution is 2.35. The molecule has 2 aromatic rings. The van der Waals surface area contributed by atoms with Crippen LogP contribution in [0.15, 0.2) is 42.5 Å². The number of hydrogen-bond donors (Lipinski definition) is 3. The second kappa shape index (κ2) is 5.36. The fourth-order valence-corrected chi connectivity index (χ4v) is 2.53. The molecule has 1 unspecified atom stereocenters. The van der Waals surface area contributed by atoms with Crippen molar-refractivity contribution in [3.05, 3.63) is 53.6 Å². The van der Waals surface area contributed by atoms with Gasteiger partial charge in [-0.25, -0.2) is 0 Å². The van der Waals surface area contributed by atoms with Gasteiger partial charge in [0.05, 0.1) is 24.0 Å². The molecule has 0 aromatic heterocycles. The third-order valence-electron chi connectivity index (χ3n) is 3.62. The van der Waals surface area contributed by atoms with Crippen LogP contribution in [0.2, 0.25) is 0 Å². The predicted octanol–water partition coefficient (Wildman–Crippen LogP) is 2.30. The van der Waals surface area contributed by atoms with E-state index in [0.717, 1.165) is 23.4 Å². The molecule has 0 fully saturated rings. The number of amides is 1. The topological polar surface area (TPSA) is 90.4 Å². The molecule has 21 heavy (non-hydrogen) atoms. The van der Waals surface area contributed by atoms with Crippen LogP contribution in [0.3, 0.4) is 0 Å². The van der Waals surface area contributed by atoms with Gasteiger partial charge in [-0.2, -0.15) is 0 Å². The molecule has 1 atom stereocenters. The number of nitrogens with two attached hydrogens (primary N) is 2. The third-order valence-corrected chi connectivity index (χ3v) is 3.62. The van der Waals surface area contributed by atoms with E-state index in [2.05, 4.69) is 5.32 Å². The molecule has 0 saturated heterocycles. The van der Waals surface area contributed by atoms with Crippen LogP contribution in [0.5, 0.6) is 5.75 Å². The number of carbonyl (C=O) groups is 1. The number of para-hydroxylation sites is 1. The molecule has 1 aliphatic rings. The minimum Gasteiger partial charge on any atom is -0.493 e. The van der Waals surface area contributed by atoms with E-state index in [4.69, 9.17) is 16.2 Å². The van der Waals surface area contributed by atoms with Crippen molar-refractivity contribution in [2.45, 2.75) is 12.5 Å². The zero-order valence-corrected chi connectivity index (χ0v) is 11.5. The molecule has 0 bridgehead atoms. The van der Waals surface area contributed by atoms with E-state index in [1.54, 1.807) is 18.2 Å². The Morgan fingerprint density at radius 3 is 2.81 bits per heavy atom. The van der Waals surface area contributed by atoms with Gasteiger partial charge in [0.2, 0.25) is 5.91 Å². The number of rotatable bonds is 3. The van der Waals surface area contributed by atoms with Crippen molar-refractivity contribution in [3.63, 3.8) is 0 Å². The lowest BCUT2D eigenvalue weighted by Gasteiger charge is -2.28. The van der Waals surface area contributed by atoms with E-state index in [1.165, 1.54) is 0 Å². The van der Waals surface area contributed by atoms with E-state index in [-0.39, 0.29) is 6.04 Å². The lowest BCUT2D eigenvalue weighted by Crippen LogP contribution is -2.21. The largest absolute Gasteiger partial charge is 0.493 e. The number of anilines is 2. The summed E-state index contributed by atoms with van der Waals surface area (Å²) in [4.78, 5) is 11.1. The number of fused-ring (bicyclic) bond motifs is 1. The fourth-order valence-electron chi connectivity index (χ4n) is 2.53. The highest BCUT2D eigenvalue weighted by molar-refractivity contribution is 5.94. The van der Waals surface area contributed by atoms with Crippen LogP contribution in [0.1, 0.15) is 28.4 Å². The maximum Gasteiger partial charge on any atom is 0.248 e. The quantitative estimate of drug-likeness (QED) is 0.754. The van der Waals surface area contributed by atoms with Gasteiger partial charge in [0.15, 0.2) is 0 Å². The molecular formula is C16H17N3O2. The summed E-state index contributed by atoms with van der Waals surface area (Å²) in [5, 5.41) is 3.41. The van der Waals surface area contributed by atoms with E-state index >= 15 is 0 Å². The van der Waals surface area contributed by atoms with Crippen molar-refractivity contribution in [2.24, 2.45) is 5.73 Å². The Balaban J connectivity index is 1.86. The first-order chi connectivity index (χ1) is 10.1. The number of ether oxygens (including phenoxy) is 1. The Bertz CT molecular complexity index is 685. The minimum absolute atomic E-state index is 0.136. The van der Waals surface area contributed by atoms with Gasteiger partial charge in [-0.15, -0.1) is 0 Å². The number of benzene rings is 2. The van der Waals surface area contributed by atoms with Gasteiger partial charge >= 0.3 is 0 Å². The predicted molar refractivity (Wildman–Crippen MR) is 82.3 cm³/mol. The van der Waals surface area contributed by atoms with Crippen LogP contribution in [-0.2, 0) is 0 Å². The maximum absolute atomic E-state index is 11.1. The third kappa shape index (κ3) is 2.63. The zero-order chi connectivity index (χ0) is 14.8. The summed E-state index contributed by atoms with van der Waals surface area (Å²) in [5.41, 5.74) is 14.1. The van der Waals surface area contributed by atoms with Crippen LogP contribution < -0.4 is 21.5 Å². The summed E-state index contributed by atoms with van der Waals surface area (Å²) >= 11 is 0. The number of nitrogens with one attached hydrogen (secondary N) is 1. The summed E-state index contributed by atoms with van der Waals surface area (Å²) in [7, 11) is 0. The standard InChI is InChI=1S/C16H17N3O2/c17-12-9-10(16(18)20)5-6-14(12)19-13-7-8-21-15-4-2-1-3-11(13)15/h1-6,9,13,19H,7-8,17H2,(H2,18,20). The van der Waals surface area contributed by atoms with Gasteiger partial charge in [0.1, 0.15) is 5.75 Å². The van der Waals surface area contributed by atoms with Crippen molar-refractivity contribution >= 4 is 17.3 Å². The normalized spacial score (nSPS) is 16.7. The molecule has 1 amide bonds. The molecule has 0 aliphatic carbocycles. The Morgan fingerprint density at radius 1 is 1.24 bits per heavy atom. The number of primary amides is 1. The van der Waals surface area contributed by atoms with Crippen LogP contribution >= 0.6 is 0 Å². The highest BCUT2D eigenvalue weighted by atomic mass is 16.5. The van der Waals surface area contributed by atoms with Gasteiger partial charge < -0.3 is 21.5 Å². The Hall–Kier alpha value is -2.69. The summed E-state index contributed by atoms with van der Waals surface area (Å²) in [6, 6.07) is 13.1. The second-order valence-corrected chi connectivity index (χ2v) is 5.04. The molecule has 1 heterocycles. The highest BCUT2D eigenvalue weighted by Gasteiger charge is 2.21. The summed E-state index contributed by atoms with van der Waals surface area (Å²) < 4.78 is 5.64. The fraction of sp³-hybridized carbons (Fsp3) is 0.188. The molecule has 2 aromatic carbocycles. The van der Waals surface area contributed by atoms with Crippen LogP contribution in [-0.4, -0.2) is 12.5 Å². The number of carbonyl (C=O) groups excluding carboxylic acids is 1. The molecule has 0 saturated carbocycles. The first-order valence-electron chi connectivity index (χ1n) is 6.83. The number of nitrogen functional groups attached to an aromatic ring is 1. The zero-order valence-electron chi connectivity index (χ0n) is 11.5. The van der Waals surface area contributed by atoms with E-state index < -0.39 is 5.91 Å². The average Bonchev–Trinajstić information content (AvgIpc) is 2.49. The molecule has 0 radical (unpaired) electrons. The Morgan fingerprint density at radius 2 is 2.05 bits per heavy atom. The molecule has 0 spiro atoms. The lowest BCUT2D eigenvalue weighted by atomic mass is 10.00. The second-order valence-electron chi connectivity index (χ2n) is 5.04. The summed E-state index contributed by atoms with van der Waals surface area (Å²) in [5.74, 6) is 0.415. The molecule has 5 N–H and O–H groups in total. The van der Waals surface area contributed by atoms with Gasteiger partial charge in [0, 0.05) is 17.5 Å². The Kier molecular flexibility index (Phi) is 3.39. The van der Waals surface area contributed by atoms with Crippen molar-refractivity contribution in [1.29, 1.82) is 0 Å². The first kappa shape index (κ1) is 13.3. The lowest BCUT2D eigenvalue weighted by molar-refractivity contribution is 0.100. The van der Waals surface area contributed by atoms with Crippen molar-refractivity contribution in [3.8, 4) is 5.75 Å². The van der Waals surface area contributed by atoms with Crippen molar-refractivity contribution in [2.75, 3.05) is 17.7 Å². The maximum atomic E-state index is 11.1. The molecule has 3 rings (SSSR count). The SMILES string of the molecule is NC(=O)c1ccc(NC2CCOc3ccccc32)c(N)c1. The van der Waals surface area contributed by atoms with Gasteiger partial charge in [-0.3, -0.25) is 4.79 Å². The van der Waals surface area contributed by atoms with E-state index in [0.29, 0.717) is 17.9 Å². The molecule has 1 aliphatic heterocycles. The van der Waals surface area contributed by atoms with Gasteiger partial charge in [-0.1, -0.05) is 18.2 Å². The van der Waals surface area contributed by atoms with E-state index in [9.17, 15) is 4.79 Å². The van der Waals surface area contributed by atoms with Crippen molar-refractivity contribution < 1.29 is 9.53 Å². The molecule has 108 valence electrons.